The second-order valence-corrected chi connectivity index (χ2v) is 9.14. The Labute approximate surface area is 208 Å². The van der Waals surface area contributed by atoms with E-state index in [1.165, 1.54) is 6.92 Å². The molecule has 0 aliphatic rings. The molecule has 2 atom stereocenters. The number of amides is 1. The Bertz CT molecular complexity index is 983. The summed E-state index contributed by atoms with van der Waals surface area (Å²) in [5.41, 5.74) is 1.37. The number of nitrogens with one attached hydrogen (secondary N) is 1. The van der Waals surface area contributed by atoms with Crippen LogP contribution in [0.4, 0.5) is 10.5 Å². The Morgan fingerprint density at radius 3 is 2.41 bits per heavy atom. The van der Waals surface area contributed by atoms with Crippen LogP contribution >= 0.6 is 44.5 Å². The van der Waals surface area contributed by atoms with E-state index in [0.29, 0.717) is 32.2 Å². The molecule has 0 saturated heterocycles. The first-order valence-corrected chi connectivity index (χ1v) is 11.9. The number of thiol groups is 1. The Hall–Kier alpha value is -2.04. The van der Waals surface area contributed by atoms with E-state index >= 15 is 0 Å². The molecule has 0 fully saturated rings. The Kier molecular flexibility index (Phi) is 10.0. The summed E-state index contributed by atoms with van der Waals surface area (Å²) in [6.07, 6.45) is -1.19. The molecule has 2 rings (SSSR count). The molecule has 2 N–H and O–H groups in total. The van der Waals surface area contributed by atoms with Crippen LogP contribution in [-0.2, 0) is 14.3 Å². The molecule has 10 heteroatoms. The van der Waals surface area contributed by atoms with Crippen LogP contribution in [0.5, 0.6) is 5.75 Å². The molecular formula is C22H23Br2NO6S. The fraction of sp³-hybridized carbons (Fsp3) is 0.318. The maximum Gasteiger partial charge on any atom is 0.412 e. The number of rotatable bonds is 9. The van der Waals surface area contributed by atoms with Crippen molar-refractivity contribution >= 4 is 68.0 Å². The van der Waals surface area contributed by atoms with Crippen molar-refractivity contribution in [3.8, 4) is 5.75 Å². The second-order valence-electron chi connectivity index (χ2n) is 7.05. The molecule has 172 valence electrons. The molecule has 7 nitrogen and oxygen atoms in total. The summed E-state index contributed by atoms with van der Waals surface area (Å²) in [6.45, 7) is 3.39. The lowest BCUT2D eigenvalue weighted by Crippen LogP contribution is -2.23. The lowest BCUT2D eigenvalue weighted by molar-refractivity contribution is -0.141. The molecule has 0 aromatic heterocycles. The van der Waals surface area contributed by atoms with Gasteiger partial charge in [-0.3, -0.25) is 14.9 Å². The van der Waals surface area contributed by atoms with E-state index in [1.807, 2.05) is 6.92 Å². The van der Waals surface area contributed by atoms with Gasteiger partial charge in [-0.25, -0.2) is 4.79 Å². The van der Waals surface area contributed by atoms with Crippen LogP contribution < -0.4 is 5.32 Å². The highest BCUT2D eigenvalue weighted by molar-refractivity contribution is 9.11. The molecule has 32 heavy (non-hydrogen) atoms. The van der Waals surface area contributed by atoms with E-state index in [-0.39, 0.29) is 29.8 Å². The average molecular weight is 589 g/mol. The highest BCUT2D eigenvalue weighted by Gasteiger charge is 2.28. The number of anilines is 1. The van der Waals surface area contributed by atoms with Gasteiger partial charge in [0.25, 0.3) is 0 Å². The van der Waals surface area contributed by atoms with Crippen LogP contribution in [-0.4, -0.2) is 35.3 Å². The molecule has 0 unspecified atom stereocenters. The summed E-state index contributed by atoms with van der Waals surface area (Å²) in [7, 11) is 0. The number of hydrogen-bond donors (Lipinski definition) is 3. The molecule has 0 radical (unpaired) electrons. The first kappa shape index (κ1) is 26.2. The Balaban J connectivity index is 2.21. The van der Waals surface area contributed by atoms with Gasteiger partial charge in [0.1, 0.15) is 11.9 Å². The lowest BCUT2D eigenvalue weighted by Gasteiger charge is -2.26. The predicted octanol–water partition coefficient (Wildman–Crippen LogP) is 5.91. The molecule has 0 spiro atoms. The highest BCUT2D eigenvalue weighted by Crippen LogP contribution is 2.40. The van der Waals surface area contributed by atoms with Crippen molar-refractivity contribution in [3.63, 3.8) is 0 Å². The van der Waals surface area contributed by atoms with Gasteiger partial charge in [0.05, 0.1) is 16.8 Å². The highest BCUT2D eigenvalue weighted by atomic mass is 79.9. The van der Waals surface area contributed by atoms with Crippen molar-refractivity contribution in [3.05, 3.63) is 56.5 Å². The van der Waals surface area contributed by atoms with Crippen LogP contribution in [0.2, 0.25) is 0 Å². The van der Waals surface area contributed by atoms with E-state index in [0.717, 1.165) is 0 Å². The molecule has 2 aromatic carbocycles. The van der Waals surface area contributed by atoms with Crippen molar-refractivity contribution in [1.29, 1.82) is 0 Å². The smallest absolute Gasteiger partial charge is 0.412 e. The van der Waals surface area contributed by atoms with Crippen LogP contribution in [0, 0.1) is 5.92 Å². The first-order chi connectivity index (χ1) is 15.1. The molecule has 2 aromatic rings. The lowest BCUT2D eigenvalue weighted by atomic mass is 9.94. The van der Waals surface area contributed by atoms with Crippen molar-refractivity contribution in [2.24, 2.45) is 5.92 Å². The minimum Gasteiger partial charge on any atom is -0.506 e. The summed E-state index contributed by atoms with van der Waals surface area (Å²) >= 11 is 10.5. The van der Waals surface area contributed by atoms with Gasteiger partial charge in [-0.1, -0.05) is 22.9 Å². The molecule has 1 amide bonds. The normalized spacial score (nSPS) is 12.5. The molecule has 0 saturated carbocycles. The number of ketones is 1. The standard InChI is InChI=1S/C22H23Br2NO6S/c1-12(7-8-30-19(27)11-32)21(17-9-15(23)10-18(24)20(17)28)31-22(29)25-16-5-3-14(4-6-16)13(2)26/h3-6,9-10,12,21,28,32H,7-8,11H2,1-2H3,(H,25,29)/t12-,21-/m1/s1. The van der Waals surface area contributed by atoms with Crippen LogP contribution in [0.15, 0.2) is 45.3 Å². The number of carbonyl (C=O) groups excluding carboxylic acids is 3. The fourth-order valence-electron chi connectivity index (χ4n) is 2.90. The average Bonchev–Trinajstić information content (AvgIpc) is 2.74. The zero-order valence-corrected chi connectivity index (χ0v) is 21.5. The zero-order valence-electron chi connectivity index (χ0n) is 17.4. The van der Waals surface area contributed by atoms with E-state index in [4.69, 9.17) is 9.47 Å². The van der Waals surface area contributed by atoms with Gasteiger partial charge < -0.3 is 14.6 Å². The van der Waals surface area contributed by atoms with E-state index < -0.39 is 18.2 Å². The minimum atomic E-state index is -0.838. The van der Waals surface area contributed by atoms with Crippen LogP contribution in [0.25, 0.3) is 0 Å². The summed E-state index contributed by atoms with van der Waals surface area (Å²) in [5, 5.41) is 13.2. The van der Waals surface area contributed by atoms with Crippen molar-refractivity contribution in [2.75, 3.05) is 17.7 Å². The Morgan fingerprint density at radius 2 is 1.81 bits per heavy atom. The number of carbonyl (C=O) groups is 3. The summed E-state index contributed by atoms with van der Waals surface area (Å²) in [6, 6.07) is 9.73. The zero-order chi connectivity index (χ0) is 23.8. The van der Waals surface area contributed by atoms with Crippen molar-refractivity contribution in [1.82, 2.24) is 0 Å². The quantitative estimate of drug-likeness (QED) is 0.191. The fourth-order valence-corrected chi connectivity index (χ4v) is 4.25. The maximum atomic E-state index is 12.6. The molecule has 0 aliphatic heterocycles. The third-order valence-electron chi connectivity index (χ3n) is 4.62. The van der Waals surface area contributed by atoms with E-state index in [2.05, 4.69) is 49.8 Å². The van der Waals surface area contributed by atoms with E-state index in [1.54, 1.807) is 36.4 Å². The number of ether oxygens (including phenoxy) is 2. The number of benzene rings is 2. The molecule has 0 bridgehead atoms. The van der Waals surface area contributed by atoms with E-state index in [9.17, 15) is 19.5 Å². The van der Waals surface area contributed by atoms with Crippen molar-refractivity contribution < 1.29 is 29.0 Å². The van der Waals surface area contributed by atoms with Gasteiger partial charge in [0.15, 0.2) is 5.78 Å². The molecule has 0 aliphatic carbocycles. The number of Topliss-reactive ketones (excluding diaryl/α,β-unsaturated/α-hetero) is 1. The first-order valence-electron chi connectivity index (χ1n) is 9.65. The van der Waals surface area contributed by atoms with Crippen molar-refractivity contribution in [2.45, 2.75) is 26.4 Å². The summed E-state index contributed by atoms with van der Waals surface area (Å²) in [5.74, 6) is -0.921. The second kappa shape index (κ2) is 12.3. The number of hydrogen-bond acceptors (Lipinski definition) is 7. The molecular weight excluding hydrogens is 566 g/mol. The number of phenolic OH excluding ortho intramolecular Hbond substituents is 1. The topological polar surface area (TPSA) is 102 Å². The number of aromatic hydroxyl groups is 1. The molecule has 0 heterocycles. The Morgan fingerprint density at radius 1 is 1.16 bits per heavy atom. The maximum absolute atomic E-state index is 12.6. The van der Waals surface area contributed by atoms with Gasteiger partial charge in [-0.15, -0.1) is 0 Å². The van der Waals surface area contributed by atoms with Gasteiger partial charge in [-0.05, 0) is 65.7 Å². The largest absolute Gasteiger partial charge is 0.506 e. The SMILES string of the molecule is CC(=O)c1ccc(NC(=O)O[C@@H](c2cc(Br)cc(Br)c2O)[C@H](C)CCOC(=O)CS)cc1. The van der Waals surface area contributed by atoms with Gasteiger partial charge in [0.2, 0.25) is 0 Å². The summed E-state index contributed by atoms with van der Waals surface area (Å²) in [4.78, 5) is 35.4. The monoisotopic (exact) mass is 587 g/mol. The summed E-state index contributed by atoms with van der Waals surface area (Å²) < 4.78 is 11.9. The third-order valence-corrected chi connectivity index (χ3v) is 5.94. The van der Waals surface area contributed by atoms with Gasteiger partial charge in [-0.2, -0.15) is 12.6 Å². The number of halogens is 2. The minimum absolute atomic E-state index is 0.0293. The van der Waals surface area contributed by atoms with Gasteiger partial charge in [0, 0.05) is 27.2 Å². The van der Waals surface area contributed by atoms with Crippen LogP contribution in [0.1, 0.15) is 42.3 Å². The third kappa shape index (κ3) is 7.53. The van der Waals surface area contributed by atoms with Crippen LogP contribution in [0.3, 0.4) is 0 Å². The van der Waals surface area contributed by atoms with Gasteiger partial charge >= 0.3 is 12.1 Å². The number of phenols is 1. The predicted molar refractivity (Wildman–Crippen MR) is 131 cm³/mol. The number of esters is 1.